The molecule has 0 aliphatic rings. The predicted molar refractivity (Wildman–Crippen MR) is 75.2 cm³/mol. The van der Waals surface area contributed by atoms with E-state index in [-0.39, 0.29) is 5.97 Å². The molecule has 1 atom stereocenters. The summed E-state index contributed by atoms with van der Waals surface area (Å²) < 4.78 is 4.92. The number of benzene rings is 1. The van der Waals surface area contributed by atoms with Gasteiger partial charge >= 0.3 is 5.97 Å². The molecule has 0 N–H and O–H groups in total. The molecule has 4 heteroatoms. The molecule has 1 aromatic rings. The van der Waals surface area contributed by atoms with Crippen molar-refractivity contribution in [2.24, 2.45) is 5.92 Å². The summed E-state index contributed by atoms with van der Waals surface area (Å²) in [7, 11) is 0. The van der Waals surface area contributed by atoms with E-state index in [9.17, 15) is 4.79 Å². The molecule has 0 spiro atoms. The molecule has 0 bridgehead atoms. The average Bonchev–Trinajstić information content (AvgIpc) is 2.31. The first-order chi connectivity index (χ1) is 8.52. The second kappa shape index (κ2) is 7.65. The molecule has 0 amide bonds. The number of halogens is 2. The summed E-state index contributed by atoms with van der Waals surface area (Å²) in [6.45, 7) is 4.31. The predicted octanol–water partition coefficient (Wildman–Crippen LogP) is 4.52. The van der Waals surface area contributed by atoms with Crippen molar-refractivity contribution in [1.29, 1.82) is 0 Å². The SMILES string of the molecule is CCOC(=O)CC(C)CCc1ccc(Cl)c(Cl)c1. The molecule has 0 aliphatic carbocycles. The summed E-state index contributed by atoms with van der Waals surface area (Å²) in [5, 5.41) is 1.15. The smallest absolute Gasteiger partial charge is 0.306 e. The van der Waals surface area contributed by atoms with Gasteiger partial charge in [-0.15, -0.1) is 0 Å². The van der Waals surface area contributed by atoms with E-state index in [1.807, 2.05) is 19.1 Å². The maximum absolute atomic E-state index is 11.3. The van der Waals surface area contributed by atoms with Gasteiger partial charge in [-0.05, 0) is 43.4 Å². The van der Waals surface area contributed by atoms with Gasteiger partial charge in [0.1, 0.15) is 0 Å². The van der Waals surface area contributed by atoms with Crippen molar-refractivity contribution in [2.75, 3.05) is 6.61 Å². The van der Waals surface area contributed by atoms with Gasteiger partial charge in [-0.25, -0.2) is 0 Å². The van der Waals surface area contributed by atoms with E-state index in [1.165, 1.54) is 0 Å². The number of hydrogen-bond donors (Lipinski definition) is 0. The number of rotatable bonds is 6. The lowest BCUT2D eigenvalue weighted by atomic mass is 9.98. The Balaban J connectivity index is 2.40. The van der Waals surface area contributed by atoms with E-state index in [2.05, 4.69) is 6.92 Å². The number of carbonyl (C=O) groups excluding carboxylic acids is 1. The standard InChI is InChI=1S/C14H18Cl2O2/c1-3-18-14(17)8-10(2)4-5-11-6-7-12(15)13(16)9-11/h6-7,9-10H,3-5,8H2,1-2H3. The fraction of sp³-hybridized carbons (Fsp3) is 0.500. The van der Waals surface area contributed by atoms with E-state index in [4.69, 9.17) is 27.9 Å². The van der Waals surface area contributed by atoms with Crippen molar-refractivity contribution in [1.82, 2.24) is 0 Å². The minimum atomic E-state index is -0.126. The Morgan fingerprint density at radius 2 is 2.06 bits per heavy atom. The quantitative estimate of drug-likeness (QED) is 0.720. The average molecular weight is 289 g/mol. The Morgan fingerprint density at radius 3 is 2.67 bits per heavy atom. The molecule has 1 aromatic carbocycles. The minimum Gasteiger partial charge on any atom is -0.466 e. The Labute approximate surface area is 118 Å². The molecule has 100 valence electrons. The molecule has 0 fully saturated rings. The van der Waals surface area contributed by atoms with E-state index < -0.39 is 0 Å². The molecule has 0 aromatic heterocycles. The van der Waals surface area contributed by atoms with Gasteiger partial charge in [0.25, 0.3) is 0 Å². The van der Waals surface area contributed by atoms with Crippen molar-refractivity contribution < 1.29 is 9.53 Å². The minimum absolute atomic E-state index is 0.126. The zero-order valence-corrected chi connectivity index (χ0v) is 12.2. The number of carbonyl (C=O) groups is 1. The van der Waals surface area contributed by atoms with Crippen LogP contribution in [0.3, 0.4) is 0 Å². The van der Waals surface area contributed by atoms with E-state index in [0.29, 0.717) is 29.0 Å². The third kappa shape index (κ3) is 5.28. The molecule has 18 heavy (non-hydrogen) atoms. The van der Waals surface area contributed by atoms with Crippen LogP contribution in [0.2, 0.25) is 10.0 Å². The highest BCUT2D eigenvalue weighted by molar-refractivity contribution is 6.42. The summed E-state index contributed by atoms with van der Waals surface area (Å²) >= 11 is 11.8. The number of esters is 1. The normalized spacial score (nSPS) is 12.2. The largest absolute Gasteiger partial charge is 0.466 e. The van der Waals surface area contributed by atoms with Crippen LogP contribution in [0.1, 0.15) is 32.3 Å². The monoisotopic (exact) mass is 288 g/mol. The van der Waals surface area contributed by atoms with Crippen LogP contribution in [0.15, 0.2) is 18.2 Å². The van der Waals surface area contributed by atoms with Gasteiger partial charge in [-0.2, -0.15) is 0 Å². The summed E-state index contributed by atoms with van der Waals surface area (Å²) in [5.74, 6) is 0.178. The summed E-state index contributed by atoms with van der Waals surface area (Å²) in [6, 6.07) is 5.64. The molecule has 0 heterocycles. The second-order valence-electron chi connectivity index (χ2n) is 4.40. The molecule has 1 unspecified atom stereocenters. The van der Waals surface area contributed by atoms with Crippen molar-refractivity contribution in [3.05, 3.63) is 33.8 Å². The second-order valence-corrected chi connectivity index (χ2v) is 5.22. The molecule has 0 saturated heterocycles. The highest BCUT2D eigenvalue weighted by Crippen LogP contribution is 2.24. The van der Waals surface area contributed by atoms with Crippen LogP contribution in [0, 0.1) is 5.92 Å². The molecular formula is C14H18Cl2O2. The van der Waals surface area contributed by atoms with Gasteiger partial charge in [-0.3, -0.25) is 4.79 Å². The lowest BCUT2D eigenvalue weighted by Crippen LogP contribution is -2.10. The van der Waals surface area contributed by atoms with Crippen LogP contribution in [-0.2, 0) is 16.0 Å². The fourth-order valence-corrected chi connectivity index (χ4v) is 2.04. The van der Waals surface area contributed by atoms with Crippen LogP contribution in [0.25, 0.3) is 0 Å². The van der Waals surface area contributed by atoms with Crippen molar-refractivity contribution in [2.45, 2.75) is 33.1 Å². The molecular weight excluding hydrogens is 271 g/mol. The number of aryl methyl sites for hydroxylation is 1. The maximum atomic E-state index is 11.3. The topological polar surface area (TPSA) is 26.3 Å². The summed E-state index contributed by atoms with van der Waals surface area (Å²) in [6.07, 6.45) is 2.28. The molecule has 2 nitrogen and oxygen atoms in total. The van der Waals surface area contributed by atoms with Gasteiger partial charge in [-0.1, -0.05) is 36.2 Å². The molecule has 1 rings (SSSR count). The Morgan fingerprint density at radius 1 is 1.33 bits per heavy atom. The molecule has 0 radical (unpaired) electrons. The van der Waals surface area contributed by atoms with Gasteiger partial charge in [0.2, 0.25) is 0 Å². The third-order valence-electron chi connectivity index (χ3n) is 2.73. The highest BCUT2D eigenvalue weighted by Gasteiger charge is 2.10. The van der Waals surface area contributed by atoms with Gasteiger partial charge < -0.3 is 4.74 Å². The summed E-state index contributed by atoms with van der Waals surface area (Å²) in [4.78, 5) is 11.3. The van der Waals surface area contributed by atoms with E-state index in [0.717, 1.165) is 18.4 Å². The maximum Gasteiger partial charge on any atom is 0.306 e. The zero-order valence-electron chi connectivity index (χ0n) is 10.7. The van der Waals surface area contributed by atoms with Gasteiger partial charge in [0.15, 0.2) is 0 Å². The van der Waals surface area contributed by atoms with Crippen LogP contribution < -0.4 is 0 Å². The molecule has 0 saturated carbocycles. The Hall–Kier alpha value is -0.730. The highest BCUT2D eigenvalue weighted by atomic mass is 35.5. The van der Waals surface area contributed by atoms with Crippen LogP contribution in [0.5, 0.6) is 0 Å². The van der Waals surface area contributed by atoms with Crippen molar-refractivity contribution in [3.63, 3.8) is 0 Å². The van der Waals surface area contributed by atoms with Crippen molar-refractivity contribution >= 4 is 29.2 Å². The third-order valence-corrected chi connectivity index (χ3v) is 3.47. The van der Waals surface area contributed by atoms with E-state index in [1.54, 1.807) is 6.07 Å². The fourth-order valence-electron chi connectivity index (χ4n) is 1.71. The lowest BCUT2D eigenvalue weighted by molar-refractivity contribution is -0.144. The van der Waals surface area contributed by atoms with Crippen LogP contribution >= 0.6 is 23.2 Å². The Kier molecular flexibility index (Phi) is 6.51. The van der Waals surface area contributed by atoms with Gasteiger partial charge in [0.05, 0.1) is 16.7 Å². The number of ether oxygens (including phenoxy) is 1. The van der Waals surface area contributed by atoms with Gasteiger partial charge in [0, 0.05) is 6.42 Å². The number of hydrogen-bond acceptors (Lipinski definition) is 2. The first-order valence-corrected chi connectivity index (χ1v) is 6.88. The van der Waals surface area contributed by atoms with E-state index >= 15 is 0 Å². The zero-order chi connectivity index (χ0) is 13.5. The lowest BCUT2D eigenvalue weighted by Gasteiger charge is -2.10. The first-order valence-electron chi connectivity index (χ1n) is 6.12. The molecule has 0 aliphatic heterocycles. The van der Waals surface area contributed by atoms with Crippen molar-refractivity contribution in [3.8, 4) is 0 Å². The first kappa shape index (κ1) is 15.3. The Bertz CT molecular complexity index is 405. The summed E-state index contributed by atoms with van der Waals surface area (Å²) in [5.41, 5.74) is 1.14. The van der Waals surface area contributed by atoms with Crippen LogP contribution in [0.4, 0.5) is 0 Å². The van der Waals surface area contributed by atoms with Crippen LogP contribution in [-0.4, -0.2) is 12.6 Å².